The van der Waals surface area contributed by atoms with Crippen LogP contribution in [0.2, 0.25) is 0 Å². The van der Waals surface area contributed by atoms with Crippen LogP contribution in [0.5, 0.6) is 0 Å². The van der Waals surface area contributed by atoms with E-state index in [2.05, 4.69) is 20.7 Å². The summed E-state index contributed by atoms with van der Waals surface area (Å²) >= 11 is 1.67. The van der Waals surface area contributed by atoms with Gasteiger partial charge in [0.1, 0.15) is 0 Å². The van der Waals surface area contributed by atoms with Crippen LogP contribution < -0.4 is 10.6 Å². The van der Waals surface area contributed by atoms with E-state index in [0.717, 1.165) is 37.1 Å². The molecule has 0 saturated carbocycles. The van der Waals surface area contributed by atoms with E-state index in [1.54, 1.807) is 16.0 Å². The Morgan fingerprint density at radius 3 is 2.92 bits per heavy atom. The molecule has 1 aromatic carbocycles. The summed E-state index contributed by atoms with van der Waals surface area (Å²) in [6.07, 6.45) is 2.07. The van der Waals surface area contributed by atoms with Crippen molar-refractivity contribution >= 4 is 45.7 Å². The minimum absolute atomic E-state index is 0. The van der Waals surface area contributed by atoms with Gasteiger partial charge in [-0.1, -0.05) is 0 Å². The molecule has 0 radical (unpaired) electrons. The molecule has 0 unspecified atom stereocenters. The number of carbonyl (C=O) groups excluding carboxylic acids is 1. The van der Waals surface area contributed by atoms with Crippen molar-refractivity contribution in [2.75, 3.05) is 18.4 Å². The smallest absolute Gasteiger partial charge is 0.258 e. The quantitative estimate of drug-likeness (QED) is 0.735. The van der Waals surface area contributed by atoms with Crippen molar-refractivity contribution in [3.63, 3.8) is 0 Å². The summed E-state index contributed by atoms with van der Waals surface area (Å²) in [6, 6.07) is 7.75. The predicted octanol–water partition coefficient (Wildman–Crippen LogP) is 3.17. The predicted molar refractivity (Wildman–Crippen MR) is 103 cm³/mol. The third-order valence-corrected chi connectivity index (χ3v) is 5.32. The first kappa shape index (κ1) is 17.8. The summed E-state index contributed by atoms with van der Waals surface area (Å²) in [5, 5.41) is 13.8. The van der Waals surface area contributed by atoms with Crippen LogP contribution in [0.25, 0.3) is 10.1 Å². The number of aryl methyl sites for hydroxylation is 1. The number of hydrogen-bond donors (Lipinski definition) is 2. The maximum absolute atomic E-state index is 12.5. The highest BCUT2D eigenvalue weighted by atomic mass is 35.5. The lowest BCUT2D eigenvalue weighted by Crippen LogP contribution is -2.27. The maximum atomic E-state index is 12.5. The van der Waals surface area contributed by atoms with Crippen LogP contribution in [0.4, 0.5) is 5.95 Å². The molecule has 1 fully saturated rings. The molecule has 3 heterocycles. The number of piperidine rings is 1. The number of nitrogens with one attached hydrogen (secondary N) is 2. The van der Waals surface area contributed by atoms with Gasteiger partial charge in [-0.2, -0.15) is 10.1 Å². The Labute approximate surface area is 156 Å². The minimum Gasteiger partial charge on any atom is -0.317 e. The maximum Gasteiger partial charge on any atom is 0.258 e. The zero-order chi connectivity index (χ0) is 16.5. The Morgan fingerprint density at radius 1 is 1.32 bits per heavy atom. The van der Waals surface area contributed by atoms with Crippen LogP contribution >= 0.6 is 23.7 Å². The normalized spacial score (nSPS) is 15.1. The molecule has 3 aromatic rings. The summed E-state index contributed by atoms with van der Waals surface area (Å²) in [6.45, 7) is 1.98. The van der Waals surface area contributed by atoms with Crippen LogP contribution in [-0.2, 0) is 7.05 Å². The van der Waals surface area contributed by atoms with E-state index in [1.807, 2.05) is 36.7 Å². The SMILES string of the molecule is Cl.Cn1nc(C2CCNCC2)nc1NC(=O)c1ccc2sccc2c1. The van der Waals surface area contributed by atoms with E-state index in [-0.39, 0.29) is 18.3 Å². The van der Waals surface area contributed by atoms with E-state index >= 15 is 0 Å². The van der Waals surface area contributed by atoms with Crippen molar-refractivity contribution in [3.05, 3.63) is 41.0 Å². The number of aromatic nitrogens is 3. The average molecular weight is 378 g/mol. The van der Waals surface area contributed by atoms with Crippen molar-refractivity contribution in [3.8, 4) is 0 Å². The van der Waals surface area contributed by atoms with Gasteiger partial charge in [0.25, 0.3) is 5.91 Å². The summed E-state index contributed by atoms with van der Waals surface area (Å²) in [7, 11) is 1.81. The van der Waals surface area contributed by atoms with Crippen LogP contribution in [0, 0.1) is 0 Å². The first-order valence-electron chi connectivity index (χ1n) is 8.11. The number of nitrogens with zero attached hydrogens (tertiary/aromatic N) is 3. The number of benzene rings is 1. The van der Waals surface area contributed by atoms with E-state index in [4.69, 9.17) is 0 Å². The van der Waals surface area contributed by atoms with Gasteiger partial charge in [0.05, 0.1) is 0 Å². The van der Waals surface area contributed by atoms with Gasteiger partial charge in [-0.25, -0.2) is 4.68 Å². The van der Waals surface area contributed by atoms with Gasteiger partial charge < -0.3 is 5.32 Å². The standard InChI is InChI=1S/C17H19N5OS.ClH/c1-22-17(19-15(21-22)11-4-7-18-8-5-11)20-16(23)13-2-3-14-12(10-13)6-9-24-14;/h2-3,6,9-11,18H,4-5,7-8H2,1H3,(H,19,20,21,23);1H. The van der Waals surface area contributed by atoms with Crippen molar-refractivity contribution < 1.29 is 4.79 Å². The van der Waals surface area contributed by atoms with Gasteiger partial charge in [0, 0.05) is 23.2 Å². The zero-order valence-electron chi connectivity index (χ0n) is 13.9. The van der Waals surface area contributed by atoms with Crippen LogP contribution in [-0.4, -0.2) is 33.8 Å². The molecule has 2 N–H and O–H groups in total. The highest BCUT2D eigenvalue weighted by Gasteiger charge is 2.21. The molecular weight excluding hydrogens is 358 g/mol. The monoisotopic (exact) mass is 377 g/mol. The van der Waals surface area contributed by atoms with Gasteiger partial charge in [-0.05, 0) is 61.0 Å². The summed E-state index contributed by atoms with van der Waals surface area (Å²) in [5.74, 6) is 1.53. The molecule has 1 aliphatic heterocycles. The number of rotatable bonds is 3. The molecule has 8 heteroatoms. The molecule has 0 bridgehead atoms. The molecule has 1 saturated heterocycles. The first-order chi connectivity index (χ1) is 11.7. The molecule has 0 spiro atoms. The fourth-order valence-corrected chi connectivity index (χ4v) is 3.82. The molecule has 25 heavy (non-hydrogen) atoms. The van der Waals surface area contributed by atoms with Crippen molar-refractivity contribution in [2.45, 2.75) is 18.8 Å². The number of halogens is 1. The van der Waals surface area contributed by atoms with E-state index in [9.17, 15) is 4.79 Å². The van der Waals surface area contributed by atoms with Crippen LogP contribution in [0.15, 0.2) is 29.6 Å². The molecule has 6 nitrogen and oxygen atoms in total. The summed E-state index contributed by atoms with van der Waals surface area (Å²) < 4.78 is 2.83. The Hall–Kier alpha value is -1.96. The number of carbonyl (C=O) groups is 1. The van der Waals surface area contributed by atoms with Crippen LogP contribution in [0.1, 0.15) is 34.9 Å². The van der Waals surface area contributed by atoms with E-state index < -0.39 is 0 Å². The van der Waals surface area contributed by atoms with Gasteiger partial charge >= 0.3 is 0 Å². The Bertz CT molecular complexity index is 884. The highest BCUT2D eigenvalue weighted by molar-refractivity contribution is 7.17. The number of amides is 1. The van der Waals surface area contributed by atoms with Crippen molar-refractivity contribution in [1.29, 1.82) is 0 Å². The van der Waals surface area contributed by atoms with Crippen molar-refractivity contribution in [2.24, 2.45) is 7.05 Å². The second-order valence-corrected chi connectivity index (χ2v) is 7.02. The topological polar surface area (TPSA) is 71.8 Å². The van der Waals surface area contributed by atoms with Gasteiger partial charge in [0.2, 0.25) is 5.95 Å². The summed E-state index contributed by atoms with van der Waals surface area (Å²) in [4.78, 5) is 17.1. The Balaban J connectivity index is 0.00000182. The second-order valence-electron chi connectivity index (χ2n) is 6.07. The molecular formula is C17H20ClN5OS. The number of thiophene rings is 1. The molecule has 132 valence electrons. The molecule has 0 atom stereocenters. The lowest BCUT2D eigenvalue weighted by Gasteiger charge is -2.19. The largest absolute Gasteiger partial charge is 0.317 e. The third-order valence-electron chi connectivity index (χ3n) is 4.42. The van der Waals surface area contributed by atoms with Gasteiger partial charge in [-0.3, -0.25) is 10.1 Å². The van der Waals surface area contributed by atoms with Crippen LogP contribution in [0.3, 0.4) is 0 Å². The van der Waals surface area contributed by atoms with E-state index in [0.29, 0.717) is 17.4 Å². The minimum atomic E-state index is -0.157. The first-order valence-corrected chi connectivity index (χ1v) is 8.99. The lowest BCUT2D eigenvalue weighted by atomic mass is 9.98. The fourth-order valence-electron chi connectivity index (χ4n) is 3.05. The zero-order valence-corrected chi connectivity index (χ0v) is 15.5. The van der Waals surface area contributed by atoms with E-state index in [1.165, 1.54) is 4.70 Å². The van der Waals surface area contributed by atoms with Gasteiger partial charge in [-0.15, -0.1) is 23.7 Å². The molecule has 4 rings (SSSR count). The fraction of sp³-hybridized carbons (Fsp3) is 0.353. The average Bonchev–Trinajstić information content (AvgIpc) is 3.22. The lowest BCUT2D eigenvalue weighted by molar-refractivity contribution is 0.102. The third kappa shape index (κ3) is 3.68. The second kappa shape index (κ2) is 7.51. The Morgan fingerprint density at radius 2 is 2.12 bits per heavy atom. The van der Waals surface area contributed by atoms with Crippen molar-refractivity contribution in [1.82, 2.24) is 20.1 Å². The number of anilines is 1. The molecule has 1 amide bonds. The molecule has 0 aliphatic carbocycles. The number of hydrogen-bond acceptors (Lipinski definition) is 5. The summed E-state index contributed by atoms with van der Waals surface area (Å²) in [5.41, 5.74) is 0.632. The molecule has 2 aromatic heterocycles. The van der Waals surface area contributed by atoms with Gasteiger partial charge in [0.15, 0.2) is 5.82 Å². The number of fused-ring (bicyclic) bond motifs is 1. The Kier molecular flexibility index (Phi) is 5.36. The molecule has 1 aliphatic rings. The highest BCUT2D eigenvalue weighted by Crippen LogP contribution is 2.24.